The van der Waals surface area contributed by atoms with Gasteiger partial charge in [-0.1, -0.05) is 28.8 Å². The Balaban J connectivity index is 1.77. The fraction of sp³-hybridized carbons (Fsp3) is 0.562. The number of nitrogens with zero attached hydrogens (tertiary/aromatic N) is 1. The smallest absolute Gasteiger partial charge is 0.238 e. The fourth-order valence-electron chi connectivity index (χ4n) is 2.96. The number of carbonyl (C=O) groups excluding carboxylic acids is 1. The summed E-state index contributed by atoms with van der Waals surface area (Å²) in [5.74, 6) is 0.00391. The lowest BCUT2D eigenvalue weighted by atomic mass is 9.96. The zero-order chi connectivity index (χ0) is 15.3. The molecule has 0 atom stereocenters. The number of carbonyl (C=O) groups is 1. The molecular weight excluding hydrogens is 330 g/mol. The Morgan fingerprint density at radius 2 is 1.86 bits per heavy atom. The summed E-state index contributed by atoms with van der Waals surface area (Å²) in [7, 11) is 4.27. The van der Waals surface area contributed by atoms with Gasteiger partial charge in [-0.2, -0.15) is 0 Å². The maximum atomic E-state index is 11.9. The maximum absolute atomic E-state index is 11.9. The van der Waals surface area contributed by atoms with Gasteiger partial charge in [-0.15, -0.1) is 0 Å². The van der Waals surface area contributed by atoms with Gasteiger partial charge in [-0.3, -0.25) is 4.79 Å². The highest BCUT2D eigenvalue weighted by molar-refractivity contribution is 9.10. The number of hydrogen-bond donors (Lipinski definition) is 2. The summed E-state index contributed by atoms with van der Waals surface area (Å²) in [6.45, 7) is 1.22. The number of nitrogens with one attached hydrogen (secondary N) is 2. The third-order valence-electron chi connectivity index (χ3n) is 4.35. The Morgan fingerprint density at radius 3 is 2.43 bits per heavy atom. The van der Waals surface area contributed by atoms with E-state index in [0.29, 0.717) is 6.54 Å². The van der Waals surface area contributed by atoms with Crippen LogP contribution >= 0.6 is 15.9 Å². The summed E-state index contributed by atoms with van der Waals surface area (Å²) in [6.07, 6.45) is 4.98. The van der Waals surface area contributed by atoms with Crippen LogP contribution in [0.15, 0.2) is 28.7 Å². The van der Waals surface area contributed by atoms with Crippen molar-refractivity contribution >= 4 is 27.5 Å². The van der Waals surface area contributed by atoms with E-state index in [9.17, 15) is 4.79 Å². The van der Waals surface area contributed by atoms with Crippen LogP contribution in [0.2, 0.25) is 0 Å². The number of halogens is 1. The quantitative estimate of drug-likeness (QED) is 0.826. The van der Waals surface area contributed by atoms with Crippen molar-refractivity contribution in [2.24, 2.45) is 0 Å². The Bertz CT molecular complexity index is 467. The topological polar surface area (TPSA) is 44.4 Å². The van der Waals surface area contributed by atoms with Crippen LogP contribution in [0.25, 0.3) is 0 Å². The van der Waals surface area contributed by atoms with Gasteiger partial charge in [-0.25, -0.2) is 0 Å². The monoisotopic (exact) mass is 353 g/mol. The molecule has 5 heteroatoms. The molecule has 2 N–H and O–H groups in total. The molecule has 1 amide bonds. The van der Waals surface area contributed by atoms with Crippen LogP contribution in [0.5, 0.6) is 0 Å². The van der Waals surface area contributed by atoms with E-state index in [1.165, 1.54) is 25.7 Å². The number of amides is 1. The number of hydrogen-bond acceptors (Lipinski definition) is 3. The zero-order valence-electron chi connectivity index (χ0n) is 12.8. The highest BCUT2D eigenvalue weighted by Crippen LogP contribution is 2.32. The second-order valence-electron chi connectivity index (χ2n) is 5.98. The third kappa shape index (κ3) is 4.53. The van der Waals surface area contributed by atoms with Crippen molar-refractivity contribution in [2.45, 2.75) is 31.2 Å². The molecule has 1 aliphatic carbocycles. The third-order valence-corrected chi connectivity index (χ3v) is 4.88. The van der Waals surface area contributed by atoms with E-state index in [1.807, 2.05) is 24.3 Å². The number of benzene rings is 1. The van der Waals surface area contributed by atoms with Crippen molar-refractivity contribution in [3.05, 3.63) is 28.7 Å². The highest BCUT2D eigenvalue weighted by atomic mass is 79.9. The number of likely N-dealkylation sites (N-methyl/N-ethyl adjacent to an activating group) is 1. The molecule has 1 aromatic carbocycles. The Kier molecular flexibility index (Phi) is 5.79. The average Bonchev–Trinajstić information content (AvgIpc) is 2.91. The van der Waals surface area contributed by atoms with E-state index in [0.717, 1.165) is 16.7 Å². The molecule has 116 valence electrons. The van der Waals surface area contributed by atoms with Crippen molar-refractivity contribution in [2.75, 3.05) is 32.5 Å². The predicted octanol–water partition coefficient (Wildman–Crippen LogP) is 2.85. The molecule has 1 aliphatic rings. The van der Waals surface area contributed by atoms with Crippen LogP contribution in [0, 0.1) is 0 Å². The molecule has 0 aromatic heterocycles. The molecule has 0 radical (unpaired) electrons. The lowest BCUT2D eigenvalue weighted by molar-refractivity contribution is -0.115. The molecule has 1 fully saturated rings. The van der Waals surface area contributed by atoms with Crippen molar-refractivity contribution in [1.29, 1.82) is 0 Å². The van der Waals surface area contributed by atoms with E-state index >= 15 is 0 Å². The van der Waals surface area contributed by atoms with E-state index in [1.54, 1.807) is 0 Å². The maximum Gasteiger partial charge on any atom is 0.238 e. The SMILES string of the molecule is CN(C)C1(CNCC(=O)Nc2ccc(Br)cc2)CCCC1. The fourth-order valence-corrected chi connectivity index (χ4v) is 3.23. The molecule has 0 bridgehead atoms. The Morgan fingerprint density at radius 1 is 1.24 bits per heavy atom. The highest BCUT2D eigenvalue weighted by Gasteiger charge is 2.35. The average molecular weight is 354 g/mol. The first kappa shape index (κ1) is 16.5. The molecule has 0 heterocycles. The van der Waals surface area contributed by atoms with E-state index in [-0.39, 0.29) is 11.4 Å². The molecule has 2 rings (SSSR count). The van der Waals surface area contributed by atoms with Crippen LogP contribution < -0.4 is 10.6 Å². The molecule has 1 saturated carbocycles. The predicted molar refractivity (Wildman–Crippen MR) is 90.5 cm³/mol. The number of anilines is 1. The summed E-state index contributed by atoms with van der Waals surface area (Å²) in [4.78, 5) is 14.3. The van der Waals surface area contributed by atoms with Gasteiger partial charge >= 0.3 is 0 Å². The van der Waals surface area contributed by atoms with Crippen LogP contribution in [0.3, 0.4) is 0 Å². The standard InChI is InChI=1S/C16H24BrN3O/c1-20(2)16(9-3-4-10-16)12-18-11-15(21)19-14-7-5-13(17)6-8-14/h5-8,18H,3-4,9-12H2,1-2H3,(H,19,21). The van der Waals surface area contributed by atoms with Gasteiger partial charge in [0.25, 0.3) is 0 Å². The Hall–Kier alpha value is -0.910. The summed E-state index contributed by atoms with van der Waals surface area (Å²) in [5.41, 5.74) is 1.05. The molecule has 0 unspecified atom stereocenters. The minimum atomic E-state index is 0.00391. The summed E-state index contributed by atoms with van der Waals surface area (Å²) in [5, 5.41) is 6.22. The lowest BCUT2D eigenvalue weighted by Gasteiger charge is -2.36. The van der Waals surface area contributed by atoms with Crippen LogP contribution in [0.4, 0.5) is 5.69 Å². The van der Waals surface area contributed by atoms with E-state index in [4.69, 9.17) is 0 Å². The van der Waals surface area contributed by atoms with Crippen LogP contribution in [-0.4, -0.2) is 43.5 Å². The molecule has 0 aliphatic heterocycles. The summed E-state index contributed by atoms with van der Waals surface area (Å²) < 4.78 is 1.01. The summed E-state index contributed by atoms with van der Waals surface area (Å²) >= 11 is 3.38. The second kappa shape index (κ2) is 7.38. The molecule has 4 nitrogen and oxygen atoms in total. The minimum absolute atomic E-state index is 0.00391. The Labute approximate surface area is 135 Å². The van der Waals surface area contributed by atoms with E-state index < -0.39 is 0 Å². The van der Waals surface area contributed by atoms with Gasteiger partial charge in [0.2, 0.25) is 5.91 Å². The van der Waals surface area contributed by atoms with Crippen molar-refractivity contribution in [3.8, 4) is 0 Å². The van der Waals surface area contributed by atoms with Gasteiger partial charge in [0, 0.05) is 22.2 Å². The molecule has 21 heavy (non-hydrogen) atoms. The van der Waals surface area contributed by atoms with Gasteiger partial charge in [-0.05, 0) is 51.2 Å². The van der Waals surface area contributed by atoms with Gasteiger partial charge < -0.3 is 15.5 Å². The molecular formula is C16H24BrN3O. The molecule has 0 spiro atoms. The minimum Gasteiger partial charge on any atom is -0.325 e. The summed E-state index contributed by atoms with van der Waals surface area (Å²) in [6, 6.07) is 7.62. The number of rotatable bonds is 6. The van der Waals surface area contributed by atoms with Gasteiger partial charge in [0.15, 0.2) is 0 Å². The van der Waals surface area contributed by atoms with Crippen LogP contribution in [0.1, 0.15) is 25.7 Å². The molecule has 1 aromatic rings. The normalized spacial score (nSPS) is 17.1. The zero-order valence-corrected chi connectivity index (χ0v) is 14.4. The lowest BCUT2D eigenvalue weighted by Crippen LogP contribution is -2.50. The van der Waals surface area contributed by atoms with Crippen molar-refractivity contribution in [3.63, 3.8) is 0 Å². The molecule has 0 saturated heterocycles. The van der Waals surface area contributed by atoms with Gasteiger partial charge in [0.05, 0.1) is 6.54 Å². The first-order valence-electron chi connectivity index (χ1n) is 7.45. The van der Waals surface area contributed by atoms with Crippen molar-refractivity contribution in [1.82, 2.24) is 10.2 Å². The van der Waals surface area contributed by atoms with Crippen LogP contribution in [-0.2, 0) is 4.79 Å². The van der Waals surface area contributed by atoms with E-state index in [2.05, 4.69) is 45.6 Å². The first-order chi connectivity index (χ1) is 10.0. The largest absolute Gasteiger partial charge is 0.325 e. The van der Waals surface area contributed by atoms with Gasteiger partial charge in [0.1, 0.15) is 0 Å². The van der Waals surface area contributed by atoms with Crippen molar-refractivity contribution < 1.29 is 4.79 Å². The first-order valence-corrected chi connectivity index (χ1v) is 8.25. The second-order valence-corrected chi connectivity index (χ2v) is 6.90.